The summed E-state index contributed by atoms with van der Waals surface area (Å²) < 4.78 is 8.38. The normalized spacial score (nSPS) is 11.1. The van der Waals surface area contributed by atoms with Crippen LogP contribution in [0.1, 0.15) is 16.1 Å². The average Bonchev–Trinajstić information content (AvgIpc) is 3.51. The summed E-state index contributed by atoms with van der Waals surface area (Å²) in [5.74, 6) is 0.290. The minimum atomic E-state index is -0.289. The topological polar surface area (TPSA) is 59.5 Å². The van der Waals surface area contributed by atoms with E-state index in [4.69, 9.17) is 4.42 Å². The van der Waals surface area contributed by atoms with E-state index in [-0.39, 0.29) is 5.91 Å². The fourth-order valence-electron chi connectivity index (χ4n) is 3.76. The van der Waals surface area contributed by atoms with Crippen LogP contribution in [0, 0.1) is 3.77 Å². The Hall–Kier alpha value is -3.91. The number of halogens is 1. The van der Waals surface area contributed by atoms with E-state index in [0.29, 0.717) is 11.3 Å². The molecule has 2 aromatic heterocycles. The molecule has 1 amide bonds. The van der Waals surface area contributed by atoms with Gasteiger partial charge in [0.2, 0.25) is 0 Å². The summed E-state index contributed by atoms with van der Waals surface area (Å²) in [4.78, 5) is 12.6. The van der Waals surface area contributed by atoms with Crippen LogP contribution < -0.4 is 5.43 Å². The van der Waals surface area contributed by atoms with E-state index < -0.39 is 0 Å². The van der Waals surface area contributed by atoms with Crippen LogP contribution in [0.15, 0.2) is 119 Å². The van der Waals surface area contributed by atoms with Gasteiger partial charge >= 0.3 is 0 Å². The predicted octanol–water partition coefficient (Wildman–Crippen LogP) is 6.77. The van der Waals surface area contributed by atoms with Crippen molar-refractivity contribution in [2.75, 3.05) is 0 Å². The monoisotopic (exact) mass is 557 g/mol. The zero-order valence-corrected chi connectivity index (χ0v) is 20.2. The highest BCUT2D eigenvalue weighted by Crippen LogP contribution is 2.32. The van der Waals surface area contributed by atoms with E-state index >= 15 is 0 Å². The van der Waals surface area contributed by atoms with E-state index in [1.54, 1.807) is 18.2 Å². The summed E-state index contributed by atoms with van der Waals surface area (Å²) in [5.41, 5.74) is 8.42. The van der Waals surface area contributed by atoms with E-state index in [0.717, 1.165) is 32.0 Å². The molecule has 0 atom stereocenters. The number of benzene rings is 3. The van der Waals surface area contributed by atoms with Crippen molar-refractivity contribution in [1.29, 1.82) is 0 Å². The van der Waals surface area contributed by atoms with E-state index in [1.807, 2.05) is 54.6 Å². The summed E-state index contributed by atoms with van der Waals surface area (Å²) >= 11 is 2.08. The molecular weight excluding hydrogens is 537 g/mol. The third-order valence-electron chi connectivity index (χ3n) is 5.36. The van der Waals surface area contributed by atoms with Gasteiger partial charge in [0.25, 0.3) is 5.91 Å². The first-order valence-electron chi connectivity index (χ1n) is 10.7. The van der Waals surface area contributed by atoms with Gasteiger partial charge in [0.15, 0.2) is 3.77 Å². The summed E-state index contributed by atoms with van der Waals surface area (Å²) in [6, 6.07) is 35.9. The van der Waals surface area contributed by atoms with Crippen LogP contribution in [0.3, 0.4) is 0 Å². The Morgan fingerprint density at radius 2 is 1.35 bits per heavy atom. The van der Waals surface area contributed by atoms with Gasteiger partial charge in [-0.1, -0.05) is 60.7 Å². The molecule has 1 N–H and O–H groups in total. The number of hydrazone groups is 1. The number of rotatable bonds is 6. The molecule has 0 unspecified atom stereocenters. The minimum Gasteiger partial charge on any atom is -0.449 e. The number of carbonyl (C=O) groups is 1. The molecule has 0 bridgehead atoms. The van der Waals surface area contributed by atoms with Crippen molar-refractivity contribution >= 4 is 34.7 Å². The van der Waals surface area contributed by atoms with E-state index in [1.165, 1.54) is 6.21 Å². The Morgan fingerprint density at radius 1 is 0.765 bits per heavy atom. The minimum absolute atomic E-state index is 0.289. The fourth-order valence-corrected chi connectivity index (χ4v) is 4.20. The highest BCUT2D eigenvalue weighted by Gasteiger charge is 2.14. The lowest BCUT2D eigenvalue weighted by Gasteiger charge is -2.15. The molecular formula is C28H20IN3O2. The molecule has 0 saturated carbocycles. The third kappa shape index (κ3) is 4.72. The van der Waals surface area contributed by atoms with Gasteiger partial charge in [-0.15, -0.1) is 0 Å². The maximum Gasteiger partial charge on any atom is 0.271 e. The Morgan fingerprint density at radius 3 is 1.88 bits per heavy atom. The maximum absolute atomic E-state index is 12.6. The number of hydrogen-bond donors (Lipinski definition) is 1. The second kappa shape index (κ2) is 9.93. The number of furan rings is 1. The number of nitrogens with one attached hydrogen (secondary N) is 1. The molecule has 34 heavy (non-hydrogen) atoms. The van der Waals surface area contributed by atoms with Crippen molar-refractivity contribution in [3.05, 3.63) is 124 Å². The molecule has 6 heteroatoms. The number of amides is 1. The molecule has 5 nitrogen and oxygen atoms in total. The standard InChI is InChI=1S/C28H20IN3O2/c29-27-18-15-24(34-27)19-30-31-28(33)22-11-13-23(14-12-22)32-25(20-7-3-1-4-8-20)16-17-26(32)21-9-5-2-6-10-21/h1-19H,(H,31,33)/b30-19-. The van der Waals surface area contributed by atoms with Gasteiger partial charge in [-0.25, -0.2) is 5.43 Å². The first-order valence-corrected chi connectivity index (χ1v) is 11.8. The van der Waals surface area contributed by atoms with Gasteiger partial charge in [0, 0.05) is 11.3 Å². The molecule has 0 aliphatic heterocycles. The first-order chi connectivity index (χ1) is 16.7. The predicted molar refractivity (Wildman–Crippen MR) is 143 cm³/mol. The Bertz CT molecular complexity index is 1380. The lowest BCUT2D eigenvalue weighted by Crippen LogP contribution is -2.17. The molecule has 0 aliphatic rings. The number of nitrogens with zero attached hydrogens (tertiary/aromatic N) is 2. The molecule has 0 saturated heterocycles. The number of hydrogen-bond acceptors (Lipinski definition) is 3. The third-order valence-corrected chi connectivity index (χ3v) is 5.94. The summed E-state index contributed by atoms with van der Waals surface area (Å²) in [6.07, 6.45) is 1.48. The smallest absolute Gasteiger partial charge is 0.271 e. The van der Waals surface area contributed by atoms with Crippen LogP contribution in [-0.4, -0.2) is 16.7 Å². The van der Waals surface area contributed by atoms with Crippen LogP contribution in [0.25, 0.3) is 28.2 Å². The highest BCUT2D eigenvalue weighted by atomic mass is 127. The van der Waals surface area contributed by atoms with Gasteiger partial charge in [0.1, 0.15) is 5.76 Å². The molecule has 5 rings (SSSR count). The van der Waals surface area contributed by atoms with Crippen molar-refractivity contribution in [3.8, 4) is 28.2 Å². The van der Waals surface area contributed by atoms with Crippen molar-refractivity contribution < 1.29 is 9.21 Å². The van der Waals surface area contributed by atoms with Crippen LogP contribution in [0.4, 0.5) is 0 Å². The Labute approximate surface area is 210 Å². The van der Waals surface area contributed by atoms with Crippen molar-refractivity contribution in [2.45, 2.75) is 0 Å². The highest BCUT2D eigenvalue weighted by molar-refractivity contribution is 14.1. The van der Waals surface area contributed by atoms with E-state index in [2.05, 4.69) is 74.1 Å². The molecule has 2 heterocycles. The number of aromatic nitrogens is 1. The van der Waals surface area contributed by atoms with Gasteiger partial charge in [0.05, 0.1) is 17.6 Å². The largest absolute Gasteiger partial charge is 0.449 e. The second-order valence-corrected chi connectivity index (χ2v) is 8.62. The zero-order chi connectivity index (χ0) is 23.3. The lowest BCUT2D eigenvalue weighted by molar-refractivity contribution is 0.0955. The molecule has 166 valence electrons. The molecule has 0 radical (unpaired) electrons. The molecule has 0 fully saturated rings. The molecule has 0 aliphatic carbocycles. The molecule has 0 spiro atoms. The summed E-state index contributed by atoms with van der Waals surface area (Å²) in [7, 11) is 0. The second-order valence-electron chi connectivity index (χ2n) is 7.56. The quantitative estimate of drug-likeness (QED) is 0.142. The van der Waals surface area contributed by atoms with Gasteiger partial charge in [-0.05, 0) is 82.2 Å². The van der Waals surface area contributed by atoms with Gasteiger partial charge in [-0.3, -0.25) is 4.79 Å². The Kier molecular flexibility index (Phi) is 6.40. The average molecular weight is 557 g/mol. The first kappa shape index (κ1) is 21.9. The van der Waals surface area contributed by atoms with Crippen LogP contribution in [0.5, 0.6) is 0 Å². The van der Waals surface area contributed by atoms with Gasteiger partial charge in [-0.2, -0.15) is 5.10 Å². The molecule has 5 aromatic rings. The number of carbonyl (C=O) groups excluding carboxylic acids is 1. The summed E-state index contributed by atoms with van der Waals surface area (Å²) in [5, 5.41) is 3.98. The fraction of sp³-hybridized carbons (Fsp3) is 0. The maximum atomic E-state index is 12.6. The van der Waals surface area contributed by atoms with E-state index in [9.17, 15) is 4.79 Å². The molecule has 3 aromatic carbocycles. The Balaban J connectivity index is 1.45. The van der Waals surface area contributed by atoms with Crippen LogP contribution >= 0.6 is 22.6 Å². The van der Waals surface area contributed by atoms with Crippen molar-refractivity contribution in [3.63, 3.8) is 0 Å². The van der Waals surface area contributed by atoms with Gasteiger partial charge < -0.3 is 8.98 Å². The van der Waals surface area contributed by atoms with Crippen LogP contribution in [-0.2, 0) is 0 Å². The van der Waals surface area contributed by atoms with Crippen molar-refractivity contribution in [1.82, 2.24) is 9.99 Å². The zero-order valence-electron chi connectivity index (χ0n) is 18.1. The summed E-state index contributed by atoms with van der Waals surface area (Å²) in [6.45, 7) is 0. The van der Waals surface area contributed by atoms with Crippen molar-refractivity contribution in [2.24, 2.45) is 5.10 Å². The lowest BCUT2D eigenvalue weighted by atomic mass is 10.1. The SMILES string of the molecule is O=C(N/N=C\c1ccc(I)o1)c1ccc(-n2c(-c3ccccc3)ccc2-c2ccccc2)cc1. The van der Waals surface area contributed by atoms with Crippen LogP contribution in [0.2, 0.25) is 0 Å².